The fourth-order valence-electron chi connectivity index (χ4n) is 4.29. The van der Waals surface area contributed by atoms with Crippen LogP contribution in [0.3, 0.4) is 0 Å². The van der Waals surface area contributed by atoms with E-state index in [0.29, 0.717) is 5.71 Å². The van der Waals surface area contributed by atoms with E-state index < -0.39 is 0 Å². The van der Waals surface area contributed by atoms with Crippen molar-refractivity contribution in [2.75, 3.05) is 0 Å². The minimum atomic E-state index is 0. The van der Waals surface area contributed by atoms with Crippen molar-refractivity contribution in [1.29, 1.82) is 0 Å². The van der Waals surface area contributed by atoms with Crippen molar-refractivity contribution in [3.8, 4) is 11.8 Å². The molecule has 37 heavy (non-hydrogen) atoms. The van der Waals surface area contributed by atoms with Gasteiger partial charge in [0.05, 0.1) is 17.6 Å². The molecule has 0 unspecified atom stereocenters. The molecule has 0 saturated carbocycles. The van der Waals surface area contributed by atoms with E-state index in [4.69, 9.17) is 0 Å². The smallest absolute Gasteiger partial charge is 0.132 e. The van der Waals surface area contributed by atoms with Gasteiger partial charge in [-0.2, -0.15) is 0 Å². The summed E-state index contributed by atoms with van der Waals surface area (Å²) in [4.78, 5) is 9.22. The summed E-state index contributed by atoms with van der Waals surface area (Å²) in [5.41, 5.74) is 2.53. The van der Waals surface area contributed by atoms with Crippen LogP contribution in [0, 0.1) is 11.8 Å². The Labute approximate surface area is 241 Å². The molecule has 2 rings (SSSR count). The predicted molar refractivity (Wildman–Crippen MR) is 160 cm³/mol. The van der Waals surface area contributed by atoms with E-state index in [2.05, 4.69) is 28.7 Å². The van der Waals surface area contributed by atoms with Gasteiger partial charge < -0.3 is 0 Å². The van der Waals surface area contributed by atoms with Crippen LogP contribution >= 0.6 is 0 Å². The Morgan fingerprint density at radius 3 is 1.51 bits per heavy atom. The van der Waals surface area contributed by atoms with Crippen molar-refractivity contribution in [2.45, 2.75) is 116 Å². The number of unbranched alkanes of at least 4 members (excludes halogenated alkanes) is 16. The maximum Gasteiger partial charge on any atom is 0.132 e. The second-order valence-electron chi connectivity index (χ2n) is 9.78. The zero-order chi connectivity index (χ0) is 25.4. The molecule has 0 aliphatic carbocycles. The van der Waals surface area contributed by atoms with Crippen LogP contribution in [0.15, 0.2) is 70.6 Å². The molecule has 2 aromatic carbocycles. The Kier molecular flexibility index (Phi) is 21.7. The molecule has 0 spiro atoms. The maximum absolute atomic E-state index is 4.68. The molecule has 0 heterocycles. The van der Waals surface area contributed by atoms with E-state index in [1.807, 2.05) is 60.7 Å². The average molecular weight is 591 g/mol. The molecular weight excluding hydrogens is 543 g/mol. The van der Waals surface area contributed by atoms with Gasteiger partial charge in [0, 0.05) is 26.8 Å². The first kappa shape index (κ1) is 33.0. The molecule has 0 N–H and O–H groups in total. The van der Waals surface area contributed by atoms with Crippen LogP contribution in [0.25, 0.3) is 0 Å². The van der Waals surface area contributed by atoms with Gasteiger partial charge in [-0.15, -0.1) is 0 Å². The molecule has 0 amide bonds. The molecule has 2 nitrogen and oxygen atoms in total. The Morgan fingerprint density at radius 1 is 0.595 bits per heavy atom. The van der Waals surface area contributed by atoms with Crippen LogP contribution in [0.1, 0.15) is 116 Å². The van der Waals surface area contributed by atoms with Gasteiger partial charge in [0.15, 0.2) is 0 Å². The monoisotopic (exact) mass is 590 g/mol. The van der Waals surface area contributed by atoms with E-state index in [9.17, 15) is 0 Å². The Balaban J connectivity index is 0.00000684. The molecule has 0 bridgehead atoms. The molecule has 0 aromatic heterocycles. The number of rotatable bonds is 19. The summed E-state index contributed by atoms with van der Waals surface area (Å²) in [7, 11) is 0. The molecule has 0 aliphatic rings. The summed E-state index contributed by atoms with van der Waals surface area (Å²) in [5.74, 6) is 6.56. The van der Waals surface area contributed by atoms with Gasteiger partial charge in [-0.3, -0.25) is 4.99 Å². The number of aliphatic imine (C=N–C) groups is 2. The van der Waals surface area contributed by atoms with Gasteiger partial charge in [0.2, 0.25) is 0 Å². The van der Waals surface area contributed by atoms with E-state index in [1.54, 1.807) is 6.21 Å². The van der Waals surface area contributed by atoms with Gasteiger partial charge in [-0.25, -0.2) is 4.99 Å². The topological polar surface area (TPSA) is 24.7 Å². The summed E-state index contributed by atoms with van der Waals surface area (Å²) < 4.78 is 0. The molecule has 0 fully saturated rings. The van der Waals surface area contributed by atoms with E-state index >= 15 is 0 Å². The average Bonchev–Trinajstić information content (AvgIpc) is 2.92. The third-order valence-electron chi connectivity index (χ3n) is 6.47. The van der Waals surface area contributed by atoms with Crippen LogP contribution in [-0.4, -0.2) is 11.9 Å². The summed E-state index contributed by atoms with van der Waals surface area (Å²) in [6.45, 7) is 2.29. The first-order valence-corrected chi connectivity index (χ1v) is 14.6. The summed E-state index contributed by atoms with van der Waals surface area (Å²) in [6, 6.07) is 19.9. The Bertz CT molecular complexity index is 894. The first-order valence-electron chi connectivity index (χ1n) is 14.6. The van der Waals surface area contributed by atoms with Crippen LogP contribution < -0.4 is 0 Å². The van der Waals surface area contributed by atoms with Gasteiger partial charge in [-0.1, -0.05) is 146 Å². The second-order valence-corrected chi connectivity index (χ2v) is 9.78. The molecule has 0 radical (unpaired) electrons. The number of para-hydroxylation sites is 2. The fraction of sp³-hybridized carbons (Fsp3) is 0.529. The third-order valence-corrected chi connectivity index (χ3v) is 6.47. The summed E-state index contributed by atoms with van der Waals surface area (Å²) in [6.07, 6.45) is 25.0. The Morgan fingerprint density at radius 2 is 1.03 bits per heavy atom. The summed E-state index contributed by atoms with van der Waals surface area (Å²) in [5, 5.41) is 0. The molecule has 2 aromatic rings. The minimum absolute atomic E-state index is 0. The number of hydrogen-bond acceptors (Lipinski definition) is 2. The van der Waals surface area contributed by atoms with Crippen LogP contribution in [-0.2, 0) is 20.4 Å². The van der Waals surface area contributed by atoms with Gasteiger partial charge in [0.1, 0.15) is 5.71 Å². The van der Waals surface area contributed by atoms with Crippen molar-refractivity contribution in [3.63, 3.8) is 0 Å². The van der Waals surface area contributed by atoms with Crippen LogP contribution in [0.2, 0.25) is 0 Å². The van der Waals surface area contributed by atoms with E-state index in [1.165, 1.54) is 103 Å². The van der Waals surface area contributed by atoms with Crippen molar-refractivity contribution in [2.24, 2.45) is 9.98 Å². The first-order chi connectivity index (χ1) is 17.9. The molecule has 3 heteroatoms. The van der Waals surface area contributed by atoms with Gasteiger partial charge in [-0.05, 0) is 36.6 Å². The number of hydrogen-bond donors (Lipinski definition) is 0. The SMILES string of the molecule is CCCCCCCCCCCCCCCCCCC#CC(C=Nc1ccccc1)=Nc1ccccc1.[Pd]. The van der Waals surface area contributed by atoms with Gasteiger partial charge >= 0.3 is 0 Å². The molecule has 0 atom stereocenters. The van der Waals surface area contributed by atoms with Crippen molar-refractivity contribution >= 4 is 23.3 Å². The number of nitrogens with zero attached hydrogens (tertiary/aromatic N) is 2. The van der Waals surface area contributed by atoms with Crippen LogP contribution in [0.5, 0.6) is 0 Å². The maximum atomic E-state index is 4.68. The van der Waals surface area contributed by atoms with Crippen molar-refractivity contribution in [1.82, 2.24) is 0 Å². The van der Waals surface area contributed by atoms with E-state index in [0.717, 1.165) is 17.8 Å². The van der Waals surface area contributed by atoms with Crippen LogP contribution in [0.4, 0.5) is 11.4 Å². The van der Waals surface area contributed by atoms with Crippen molar-refractivity contribution < 1.29 is 20.4 Å². The quantitative estimate of drug-likeness (QED) is 0.0673. The van der Waals surface area contributed by atoms with Gasteiger partial charge in [0.25, 0.3) is 0 Å². The zero-order valence-electron chi connectivity index (χ0n) is 23.1. The predicted octanol–water partition coefficient (Wildman–Crippen LogP) is 10.8. The Hall–Kier alpha value is -2.00. The number of benzene rings is 2. The van der Waals surface area contributed by atoms with Crippen molar-refractivity contribution in [3.05, 3.63) is 60.7 Å². The largest absolute Gasteiger partial charge is 0.254 e. The molecule has 0 saturated heterocycles. The molecule has 204 valence electrons. The van der Waals surface area contributed by atoms with E-state index in [-0.39, 0.29) is 20.4 Å². The fourth-order valence-corrected chi connectivity index (χ4v) is 4.29. The molecule has 0 aliphatic heterocycles. The third kappa shape index (κ3) is 18.8. The zero-order valence-corrected chi connectivity index (χ0v) is 24.6. The standard InChI is InChI=1S/C34H48N2.Pd/c1-2-3-4-5-6-7-8-9-10-11-12-13-14-15-16-17-18-21-30-34(36-33-28-24-20-25-29-33)31-35-32-26-22-19-23-27-32;/h19-20,22-29,31H,2-18H2,1H3;. The minimum Gasteiger partial charge on any atom is -0.254 e. The molecular formula is C34H48N2Pd. The summed E-state index contributed by atoms with van der Waals surface area (Å²) >= 11 is 0. The second kappa shape index (κ2) is 24.3. The normalized spacial score (nSPS) is 11.2.